The SMILES string of the molecule is CN1C(=O)CC(c2ccncn2)NC1OCCc1ccccc1. The third-order valence-electron chi connectivity index (χ3n) is 3.94. The molecule has 1 N–H and O–H groups in total. The van der Waals surface area contributed by atoms with Gasteiger partial charge in [-0.1, -0.05) is 30.3 Å². The lowest BCUT2D eigenvalue weighted by atomic mass is 10.1. The molecule has 1 fully saturated rings. The Morgan fingerprint density at radius 3 is 2.87 bits per heavy atom. The van der Waals surface area contributed by atoms with E-state index in [0.29, 0.717) is 13.0 Å². The van der Waals surface area contributed by atoms with Gasteiger partial charge in [0, 0.05) is 19.7 Å². The Morgan fingerprint density at radius 1 is 1.30 bits per heavy atom. The average molecular weight is 312 g/mol. The highest BCUT2D eigenvalue weighted by Gasteiger charge is 2.32. The maximum atomic E-state index is 12.2. The van der Waals surface area contributed by atoms with Crippen LogP contribution in [-0.2, 0) is 16.0 Å². The Balaban J connectivity index is 1.60. The van der Waals surface area contributed by atoms with Crippen molar-refractivity contribution in [2.24, 2.45) is 0 Å². The highest BCUT2D eigenvalue weighted by atomic mass is 16.5. The maximum Gasteiger partial charge on any atom is 0.227 e. The lowest BCUT2D eigenvalue weighted by molar-refractivity contribution is -0.156. The molecule has 0 spiro atoms. The third kappa shape index (κ3) is 3.91. The van der Waals surface area contributed by atoms with Crippen LogP contribution in [0.3, 0.4) is 0 Å². The van der Waals surface area contributed by atoms with Crippen molar-refractivity contribution in [1.82, 2.24) is 20.2 Å². The molecular weight excluding hydrogens is 292 g/mol. The van der Waals surface area contributed by atoms with Crippen LogP contribution in [-0.4, -0.2) is 40.8 Å². The second kappa shape index (κ2) is 7.30. The minimum atomic E-state index is -0.445. The number of hydrogen-bond acceptors (Lipinski definition) is 5. The fraction of sp³-hybridized carbons (Fsp3) is 0.353. The number of benzene rings is 1. The van der Waals surface area contributed by atoms with Gasteiger partial charge in [-0.2, -0.15) is 0 Å². The predicted molar refractivity (Wildman–Crippen MR) is 85.2 cm³/mol. The molecule has 6 heteroatoms. The monoisotopic (exact) mass is 312 g/mol. The van der Waals surface area contributed by atoms with Gasteiger partial charge in [-0.05, 0) is 18.1 Å². The van der Waals surface area contributed by atoms with E-state index in [0.717, 1.165) is 12.1 Å². The molecule has 1 aliphatic rings. The maximum absolute atomic E-state index is 12.2. The second-order valence-corrected chi connectivity index (χ2v) is 5.52. The molecule has 2 aromatic rings. The zero-order chi connectivity index (χ0) is 16.1. The number of carbonyl (C=O) groups is 1. The van der Waals surface area contributed by atoms with Crippen LogP contribution in [0, 0.1) is 0 Å². The smallest absolute Gasteiger partial charge is 0.227 e. The Morgan fingerprint density at radius 2 is 2.13 bits per heavy atom. The Labute approximate surface area is 135 Å². The summed E-state index contributed by atoms with van der Waals surface area (Å²) in [5.41, 5.74) is 2.02. The number of ether oxygens (including phenoxy) is 1. The second-order valence-electron chi connectivity index (χ2n) is 5.52. The molecule has 3 rings (SSSR count). The van der Waals surface area contributed by atoms with E-state index in [1.807, 2.05) is 24.3 Å². The van der Waals surface area contributed by atoms with E-state index in [2.05, 4.69) is 27.4 Å². The molecule has 23 heavy (non-hydrogen) atoms. The summed E-state index contributed by atoms with van der Waals surface area (Å²) >= 11 is 0. The van der Waals surface area contributed by atoms with Gasteiger partial charge in [0.15, 0.2) is 6.35 Å². The van der Waals surface area contributed by atoms with Gasteiger partial charge in [0.05, 0.1) is 18.3 Å². The van der Waals surface area contributed by atoms with Gasteiger partial charge in [-0.25, -0.2) is 9.97 Å². The summed E-state index contributed by atoms with van der Waals surface area (Å²) in [4.78, 5) is 21.9. The van der Waals surface area contributed by atoms with Gasteiger partial charge in [0.1, 0.15) is 6.33 Å². The van der Waals surface area contributed by atoms with E-state index in [9.17, 15) is 4.79 Å². The van der Waals surface area contributed by atoms with Crippen molar-refractivity contribution in [3.63, 3.8) is 0 Å². The van der Waals surface area contributed by atoms with Gasteiger partial charge in [0.25, 0.3) is 0 Å². The van der Waals surface area contributed by atoms with E-state index in [1.54, 1.807) is 18.1 Å². The van der Waals surface area contributed by atoms with Crippen LogP contribution in [0.2, 0.25) is 0 Å². The van der Waals surface area contributed by atoms with Crippen molar-refractivity contribution in [3.05, 3.63) is 60.2 Å². The number of nitrogens with one attached hydrogen (secondary N) is 1. The summed E-state index contributed by atoms with van der Waals surface area (Å²) in [7, 11) is 1.75. The molecule has 2 heterocycles. The normalized spacial score (nSPS) is 21.4. The molecule has 2 atom stereocenters. The minimum Gasteiger partial charge on any atom is -0.345 e. The van der Waals surface area contributed by atoms with Gasteiger partial charge < -0.3 is 9.64 Å². The molecular formula is C17H20N4O2. The number of aromatic nitrogens is 2. The van der Waals surface area contributed by atoms with Crippen molar-refractivity contribution in [3.8, 4) is 0 Å². The minimum absolute atomic E-state index is 0.0390. The molecule has 0 saturated carbocycles. The predicted octanol–water partition coefficient (Wildman–Crippen LogP) is 1.51. The molecule has 0 radical (unpaired) electrons. The first-order chi connectivity index (χ1) is 11.2. The van der Waals surface area contributed by atoms with E-state index < -0.39 is 6.35 Å². The molecule has 0 aliphatic carbocycles. The molecule has 0 bridgehead atoms. The number of rotatable bonds is 5. The molecule has 1 aromatic carbocycles. The van der Waals surface area contributed by atoms with Crippen molar-refractivity contribution < 1.29 is 9.53 Å². The first-order valence-corrected chi connectivity index (χ1v) is 7.67. The van der Waals surface area contributed by atoms with Crippen molar-refractivity contribution in [1.29, 1.82) is 0 Å². The van der Waals surface area contributed by atoms with Crippen molar-refractivity contribution in [2.75, 3.05) is 13.7 Å². The Bertz CT molecular complexity index is 636. The molecule has 1 aromatic heterocycles. The molecule has 6 nitrogen and oxygen atoms in total. The summed E-state index contributed by atoms with van der Waals surface area (Å²) in [6.45, 7) is 0.537. The lowest BCUT2D eigenvalue weighted by Crippen LogP contribution is -2.55. The highest BCUT2D eigenvalue weighted by molar-refractivity contribution is 5.77. The Hall–Kier alpha value is -2.31. The van der Waals surface area contributed by atoms with Crippen molar-refractivity contribution >= 4 is 5.91 Å². The van der Waals surface area contributed by atoms with Crippen LogP contribution < -0.4 is 5.32 Å². The van der Waals surface area contributed by atoms with Crippen LogP contribution >= 0.6 is 0 Å². The van der Waals surface area contributed by atoms with E-state index in [1.165, 1.54) is 11.9 Å². The van der Waals surface area contributed by atoms with E-state index in [-0.39, 0.29) is 11.9 Å². The van der Waals surface area contributed by atoms with Crippen LogP contribution in [0.1, 0.15) is 23.7 Å². The standard InChI is InChI=1S/C17H20N4O2/c1-21-16(22)11-15(14-7-9-18-12-19-14)20-17(21)23-10-8-13-5-3-2-4-6-13/h2-7,9,12,15,17,20H,8,10-11H2,1H3. The number of hydrogen-bond donors (Lipinski definition) is 1. The fourth-order valence-corrected chi connectivity index (χ4v) is 2.58. The number of amides is 1. The molecule has 1 amide bonds. The van der Waals surface area contributed by atoms with Gasteiger partial charge >= 0.3 is 0 Å². The van der Waals surface area contributed by atoms with Crippen molar-refractivity contribution in [2.45, 2.75) is 25.2 Å². The lowest BCUT2D eigenvalue weighted by Gasteiger charge is -2.37. The molecule has 120 valence electrons. The van der Waals surface area contributed by atoms with Crippen LogP contribution in [0.25, 0.3) is 0 Å². The first-order valence-electron chi connectivity index (χ1n) is 7.67. The summed E-state index contributed by atoms with van der Waals surface area (Å²) in [5, 5.41) is 3.33. The molecule has 2 unspecified atom stereocenters. The molecule has 1 aliphatic heterocycles. The topological polar surface area (TPSA) is 67.4 Å². The van der Waals surface area contributed by atoms with Crippen LogP contribution in [0.15, 0.2) is 48.9 Å². The van der Waals surface area contributed by atoms with E-state index in [4.69, 9.17) is 4.74 Å². The van der Waals surface area contributed by atoms with E-state index >= 15 is 0 Å². The number of carbonyl (C=O) groups excluding carboxylic acids is 1. The summed E-state index contributed by atoms with van der Waals surface area (Å²) in [6.07, 6.45) is 3.90. The fourth-order valence-electron chi connectivity index (χ4n) is 2.58. The van der Waals surface area contributed by atoms with Gasteiger partial charge in [-0.3, -0.25) is 10.1 Å². The summed E-state index contributed by atoms with van der Waals surface area (Å²) in [6, 6.07) is 11.8. The van der Waals surface area contributed by atoms with Gasteiger partial charge in [0.2, 0.25) is 5.91 Å². The first kappa shape index (κ1) is 15.6. The molecule has 1 saturated heterocycles. The quantitative estimate of drug-likeness (QED) is 0.906. The third-order valence-corrected chi connectivity index (χ3v) is 3.94. The Kier molecular flexibility index (Phi) is 4.95. The van der Waals surface area contributed by atoms with Gasteiger partial charge in [-0.15, -0.1) is 0 Å². The zero-order valence-electron chi connectivity index (χ0n) is 13.1. The highest BCUT2D eigenvalue weighted by Crippen LogP contribution is 2.21. The largest absolute Gasteiger partial charge is 0.345 e. The summed E-state index contributed by atoms with van der Waals surface area (Å²) < 4.78 is 5.87. The summed E-state index contributed by atoms with van der Waals surface area (Å²) in [5.74, 6) is 0.0390. The van der Waals surface area contributed by atoms with Crippen LogP contribution in [0.4, 0.5) is 0 Å². The van der Waals surface area contributed by atoms with Crippen LogP contribution in [0.5, 0.6) is 0 Å². The average Bonchev–Trinajstić information content (AvgIpc) is 2.60. The number of nitrogens with zero attached hydrogens (tertiary/aromatic N) is 3. The zero-order valence-corrected chi connectivity index (χ0v) is 13.1.